The van der Waals surface area contributed by atoms with Crippen molar-refractivity contribution in [3.8, 4) is 5.88 Å². The highest BCUT2D eigenvalue weighted by Gasteiger charge is 2.24. The molecule has 2 aromatic rings. The van der Waals surface area contributed by atoms with Gasteiger partial charge in [0.15, 0.2) is 5.69 Å². The van der Waals surface area contributed by atoms with Crippen LogP contribution < -0.4 is 10.5 Å². The normalized spacial score (nSPS) is 18.6. The molecule has 4 rings (SSSR count). The molecule has 0 bridgehead atoms. The SMILES string of the molecule is NC1=CC=C2CCCN=C2C1=Nc1c(OCCO)nn2ccccc12. The average Bonchev–Trinajstić information content (AvgIpc) is 3.00. The lowest BCUT2D eigenvalue weighted by atomic mass is 9.92. The minimum absolute atomic E-state index is 0.0917. The lowest BCUT2D eigenvalue weighted by Gasteiger charge is -2.21. The van der Waals surface area contributed by atoms with E-state index in [1.807, 2.05) is 36.5 Å². The molecule has 0 aromatic carbocycles. The van der Waals surface area contributed by atoms with Gasteiger partial charge >= 0.3 is 0 Å². The van der Waals surface area contributed by atoms with Gasteiger partial charge in [0.2, 0.25) is 0 Å². The van der Waals surface area contributed by atoms with E-state index in [-0.39, 0.29) is 13.2 Å². The first-order valence-corrected chi connectivity index (χ1v) is 8.29. The molecule has 0 saturated heterocycles. The molecule has 0 atom stereocenters. The summed E-state index contributed by atoms with van der Waals surface area (Å²) in [6.07, 6.45) is 7.74. The van der Waals surface area contributed by atoms with Crippen LogP contribution in [0.25, 0.3) is 5.52 Å². The quantitative estimate of drug-likeness (QED) is 0.831. The molecule has 0 amide bonds. The summed E-state index contributed by atoms with van der Waals surface area (Å²) in [4.78, 5) is 9.41. The van der Waals surface area contributed by atoms with Gasteiger partial charge in [0.05, 0.1) is 23.5 Å². The van der Waals surface area contributed by atoms with Crippen molar-refractivity contribution in [3.05, 3.63) is 47.8 Å². The van der Waals surface area contributed by atoms with E-state index in [9.17, 15) is 0 Å². The number of nitrogens with two attached hydrogens (primary N) is 1. The third-order valence-corrected chi connectivity index (χ3v) is 4.18. The van der Waals surface area contributed by atoms with Crippen LogP contribution in [0.2, 0.25) is 0 Å². The van der Waals surface area contributed by atoms with E-state index in [4.69, 9.17) is 20.6 Å². The van der Waals surface area contributed by atoms with Gasteiger partial charge in [0.25, 0.3) is 5.88 Å². The summed E-state index contributed by atoms with van der Waals surface area (Å²) >= 11 is 0. The lowest BCUT2D eigenvalue weighted by molar-refractivity contribution is 0.197. The zero-order valence-electron chi connectivity index (χ0n) is 13.7. The van der Waals surface area contributed by atoms with Crippen LogP contribution >= 0.6 is 0 Å². The number of hydrogen-bond acceptors (Lipinski definition) is 6. The molecule has 0 saturated carbocycles. The first-order chi connectivity index (χ1) is 12.3. The largest absolute Gasteiger partial charge is 0.473 e. The fraction of sp³-hybridized carbons (Fsp3) is 0.278. The fourth-order valence-corrected chi connectivity index (χ4v) is 3.01. The molecule has 1 aliphatic heterocycles. The van der Waals surface area contributed by atoms with Gasteiger partial charge in [-0.3, -0.25) is 4.99 Å². The third kappa shape index (κ3) is 2.83. The maximum absolute atomic E-state index is 9.06. The molecule has 3 heterocycles. The Morgan fingerprint density at radius 1 is 1.32 bits per heavy atom. The molecule has 0 unspecified atom stereocenters. The minimum atomic E-state index is -0.0917. The molecular formula is C18H19N5O2. The van der Waals surface area contributed by atoms with Crippen LogP contribution in [-0.4, -0.2) is 45.9 Å². The Morgan fingerprint density at radius 2 is 2.24 bits per heavy atom. The number of ether oxygens (including phenoxy) is 1. The third-order valence-electron chi connectivity index (χ3n) is 4.18. The number of aromatic nitrogens is 2. The Hall–Kier alpha value is -2.93. The molecule has 0 spiro atoms. The van der Waals surface area contributed by atoms with Crippen LogP contribution in [0, 0.1) is 0 Å². The van der Waals surface area contributed by atoms with Crippen LogP contribution in [0.3, 0.4) is 0 Å². The molecule has 7 nitrogen and oxygen atoms in total. The van der Waals surface area contributed by atoms with Crippen LogP contribution in [0.4, 0.5) is 5.69 Å². The Kier molecular flexibility index (Phi) is 4.07. The summed E-state index contributed by atoms with van der Waals surface area (Å²) < 4.78 is 7.28. The highest BCUT2D eigenvalue weighted by Crippen LogP contribution is 2.33. The molecule has 25 heavy (non-hydrogen) atoms. The van der Waals surface area contributed by atoms with Gasteiger partial charge < -0.3 is 15.6 Å². The second-order valence-corrected chi connectivity index (χ2v) is 5.86. The van der Waals surface area contributed by atoms with Crippen molar-refractivity contribution in [3.63, 3.8) is 0 Å². The zero-order chi connectivity index (χ0) is 17.2. The van der Waals surface area contributed by atoms with Gasteiger partial charge in [-0.1, -0.05) is 12.1 Å². The van der Waals surface area contributed by atoms with E-state index in [1.165, 1.54) is 0 Å². The van der Waals surface area contributed by atoms with Gasteiger partial charge in [-0.15, -0.1) is 5.10 Å². The van der Waals surface area contributed by atoms with Crippen LogP contribution in [0.15, 0.2) is 57.8 Å². The number of hydrogen-bond donors (Lipinski definition) is 2. The molecule has 2 aromatic heterocycles. The van der Waals surface area contributed by atoms with Crippen molar-refractivity contribution in [2.45, 2.75) is 12.8 Å². The van der Waals surface area contributed by atoms with E-state index in [0.717, 1.165) is 36.2 Å². The van der Waals surface area contributed by atoms with E-state index in [1.54, 1.807) is 4.52 Å². The monoisotopic (exact) mass is 337 g/mol. The van der Waals surface area contributed by atoms with Gasteiger partial charge in [-0.2, -0.15) is 0 Å². The van der Waals surface area contributed by atoms with Crippen molar-refractivity contribution in [2.75, 3.05) is 19.8 Å². The van der Waals surface area contributed by atoms with Crippen molar-refractivity contribution >= 4 is 22.6 Å². The average molecular weight is 337 g/mol. The number of fused-ring (bicyclic) bond motifs is 2. The van der Waals surface area contributed by atoms with E-state index < -0.39 is 0 Å². The smallest absolute Gasteiger partial charge is 0.260 e. The number of aliphatic imine (C=N–C) groups is 2. The van der Waals surface area contributed by atoms with E-state index in [2.05, 4.69) is 10.1 Å². The summed E-state index contributed by atoms with van der Waals surface area (Å²) in [6.45, 7) is 0.840. The maximum Gasteiger partial charge on any atom is 0.260 e. The van der Waals surface area contributed by atoms with Crippen LogP contribution in [-0.2, 0) is 0 Å². The second kappa shape index (κ2) is 6.52. The molecule has 0 radical (unpaired) electrons. The highest BCUT2D eigenvalue weighted by molar-refractivity contribution is 6.54. The second-order valence-electron chi connectivity index (χ2n) is 5.86. The standard InChI is InChI=1S/C18H19N5O2/c19-13-7-6-12-4-3-8-20-15(12)16(13)21-17-14-5-1-2-9-23(14)22-18(17)25-11-10-24/h1-2,5-7,9,24H,3-4,8,10-11,19H2. The molecule has 0 fully saturated rings. The van der Waals surface area contributed by atoms with E-state index >= 15 is 0 Å². The number of rotatable bonds is 4. The summed E-state index contributed by atoms with van der Waals surface area (Å²) in [5.41, 5.74) is 10.8. The fourth-order valence-electron chi connectivity index (χ4n) is 3.01. The predicted octanol–water partition coefficient (Wildman–Crippen LogP) is 1.80. The van der Waals surface area contributed by atoms with Crippen LogP contribution in [0.1, 0.15) is 12.8 Å². The lowest BCUT2D eigenvalue weighted by Crippen LogP contribution is -2.28. The number of nitrogens with zero attached hydrogens (tertiary/aromatic N) is 4. The Bertz CT molecular complexity index is 936. The van der Waals surface area contributed by atoms with Crippen molar-refractivity contribution < 1.29 is 9.84 Å². The molecule has 1 aliphatic carbocycles. The van der Waals surface area contributed by atoms with Crippen molar-refractivity contribution in [2.24, 2.45) is 15.7 Å². The predicted molar refractivity (Wildman–Crippen MR) is 96.8 cm³/mol. The summed E-state index contributed by atoms with van der Waals surface area (Å²) in [5, 5.41) is 13.5. The highest BCUT2D eigenvalue weighted by atomic mass is 16.5. The number of aliphatic hydroxyl groups is 1. The summed E-state index contributed by atoms with van der Waals surface area (Å²) in [7, 11) is 0. The number of aliphatic hydroxyl groups excluding tert-OH is 1. The van der Waals surface area contributed by atoms with Gasteiger partial charge in [-0.05, 0) is 36.6 Å². The Balaban J connectivity index is 1.86. The number of pyridine rings is 1. The molecule has 128 valence electrons. The van der Waals surface area contributed by atoms with Gasteiger partial charge in [-0.25, -0.2) is 9.51 Å². The minimum Gasteiger partial charge on any atom is -0.473 e. The van der Waals surface area contributed by atoms with E-state index in [0.29, 0.717) is 23.0 Å². The molecule has 3 N–H and O–H groups in total. The van der Waals surface area contributed by atoms with Crippen molar-refractivity contribution in [1.82, 2.24) is 9.61 Å². The topological polar surface area (TPSA) is 97.5 Å². The number of allylic oxidation sites excluding steroid dienone is 4. The Morgan fingerprint density at radius 3 is 3.12 bits per heavy atom. The maximum atomic E-state index is 9.06. The van der Waals surface area contributed by atoms with Crippen LogP contribution in [0.5, 0.6) is 5.88 Å². The first kappa shape index (κ1) is 15.6. The molecule has 7 heteroatoms. The molecular weight excluding hydrogens is 318 g/mol. The Labute approximate surface area is 144 Å². The molecule has 2 aliphatic rings. The van der Waals surface area contributed by atoms with Gasteiger partial charge in [0.1, 0.15) is 12.3 Å². The van der Waals surface area contributed by atoms with Gasteiger partial charge in [0, 0.05) is 12.7 Å². The zero-order valence-corrected chi connectivity index (χ0v) is 13.7. The van der Waals surface area contributed by atoms with Crippen molar-refractivity contribution in [1.29, 1.82) is 0 Å². The summed E-state index contributed by atoms with van der Waals surface area (Å²) in [5.74, 6) is 0.369. The summed E-state index contributed by atoms with van der Waals surface area (Å²) in [6, 6.07) is 5.72. The first-order valence-electron chi connectivity index (χ1n) is 8.29.